The summed E-state index contributed by atoms with van der Waals surface area (Å²) in [6.07, 6.45) is 3.71. The van der Waals surface area contributed by atoms with Gasteiger partial charge in [-0.25, -0.2) is 0 Å². The molecule has 2 aromatic rings. The van der Waals surface area contributed by atoms with Gasteiger partial charge in [-0.1, -0.05) is 42.4 Å². The summed E-state index contributed by atoms with van der Waals surface area (Å²) in [4.78, 5) is 29.8. The molecule has 0 bridgehead atoms. The summed E-state index contributed by atoms with van der Waals surface area (Å²) in [5, 5.41) is 19.3. The lowest BCUT2D eigenvalue weighted by Crippen LogP contribution is -2.21. The number of carbonyl (C=O) groups excluding carboxylic acids is 1. The van der Waals surface area contributed by atoms with Gasteiger partial charge in [0.05, 0.1) is 19.4 Å². The van der Waals surface area contributed by atoms with E-state index in [9.17, 15) is 14.4 Å². The molecule has 0 aliphatic rings. The molecule has 1 atom stereocenters. The molecule has 0 heterocycles. The topological polar surface area (TPSA) is 113 Å². The number of hydrogen-bond donors (Lipinski definition) is 3. The number of ether oxygens (including phenoxy) is 1. The van der Waals surface area contributed by atoms with Crippen molar-refractivity contribution in [2.45, 2.75) is 30.9 Å². The van der Waals surface area contributed by atoms with E-state index >= 15 is 0 Å². The Labute approximate surface area is 202 Å². The first kappa shape index (κ1) is 28.1. The zero-order chi connectivity index (χ0) is 24.6. The smallest absolute Gasteiger partial charge is 0.303 e. The third-order valence-corrected chi connectivity index (χ3v) is 5.62. The van der Waals surface area contributed by atoms with Crippen molar-refractivity contribution in [1.82, 2.24) is 5.32 Å². The molecule has 0 spiro atoms. The van der Waals surface area contributed by atoms with Crippen LogP contribution in [0.3, 0.4) is 0 Å². The predicted octanol–water partition coefficient (Wildman–Crippen LogP) is 4.43. The Morgan fingerprint density at radius 1 is 1.12 bits per heavy atom. The maximum absolute atomic E-state index is 10.5. The number of benzene rings is 2. The van der Waals surface area contributed by atoms with Crippen LogP contribution in [0, 0.1) is 0 Å². The highest BCUT2D eigenvalue weighted by atomic mass is 35.5. The molecule has 0 radical (unpaired) electrons. The van der Waals surface area contributed by atoms with E-state index in [1.165, 1.54) is 5.56 Å². The molecule has 0 fully saturated rings. The fourth-order valence-electron chi connectivity index (χ4n) is 2.65. The number of hydrogen-bond acceptors (Lipinski definition) is 5. The van der Waals surface area contributed by atoms with Gasteiger partial charge in [-0.2, -0.15) is 11.8 Å². The predicted molar refractivity (Wildman–Crippen MR) is 131 cm³/mol. The van der Waals surface area contributed by atoms with Crippen molar-refractivity contribution in [3.05, 3.63) is 77.0 Å². The lowest BCUT2D eigenvalue weighted by Gasteiger charge is -2.16. The quantitative estimate of drug-likeness (QED) is 0.354. The maximum atomic E-state index is 10.5. The van der Waals surface area contributed by atoms with Gasteiger partial charge in [-0.05, 0) is 48.1 Å². The van der Waals surface area contributed by atoms with Crippen LogP contribution in [-0.2, 0) is 27.2 Å². The van der Waals surface area contributed by atoms with Crippen molar-refractivity contribution in [2.75, 3.05) is 12.9 Å². The van der Waals surface area contributed by atoms with Gasteiger partial charge in [0.15, 0.2) is 0 Å². The third-order valence-electron chi connectivity index (χ3n) is 4.36. The fraction of sp³-hybridized carbons (Fsp3) is 0.292. The molecule has 178 valence electrons. The minimum Gasteiger partial charge on any atom is -0.493 e. The van der Waals surface area contributed by atoms with Gasteiger partial charge in [0.1, 0.15) is 5.75 Å². The van der Waals surface area contributed by atoms with Gasteiger partial charge in [-0.3, -0.25) is 14.4 Å². The van der Waals surface area contributed by atoms with Gasteiger partial charge < -0.3 is 20.3 Å². The Bertz CT molecular complexity index is 905. The van der Waals surface area contributed by atoms with E-state index in [1.807, 2.05) is 54.8 Å². The van der Waals surface area contributed by atoms with Crippen LogP contribution in [0.15, 0.2) is 60.8 Å². The average molecular weight is 494 g/mol. The molecule has 0 aliphatic heterocycles. The Morgan fingerprint density at radius 3 is 2.27 bits per heavy atom. The van der Waals surface area contributed by atoms with E-state index in [0.29, 0.717) is 13.0 Å². The summed E-state index contributed by atoms with van der Waals surface area (Å²) < 4.78 is 5.80. The molecule has 0 saturated heterocycles. The SMILES string of the molecule is C=C(NC=O)C(Cc1ccc(OCCc2cccc(Cl)c2)cc1)SC.O=C(O)CCC(=O)O. The number of amides is 1. The molecular formula is C24H28ClNO6S. The second-order valence-corrected chi connectivity index (χ2v) is 8.35. The number of thioether (sulfide) groups is 1. The van der Waals surface area contributed by atoms with Crippen molar-refractivity contribution in [1.29, 1.82) is 0 Å². The van der Waals surface area contributed by atoms with Crippen LogP contribution in [0.25, 0.3) is 0 Å². The van der Waals surface area contributed by atoms with Crippen LogP contribution in [-0.4, -0.2) is 46.7 Å². The molecule has 2 aromatic carbocycles. The third kappa shape index (κ3) is 12.6. The van der Waals surface area contributed by atoms with Crippen LogP contribution in [0.5, 0.6) is 5.75 Å². The molecule has 3 N–H and O–H groups in total. The molecule has 9 heteroatoms. The highest BCUT2D eigenvalue weighted by Gasteiger charge is 2.12. The van der Waals surface area contributed by atoms with Crippen molar-refractivity contribution >= 4 is 41.7 Å². The van der Waals surface area contributed by atoms with Crippen molar-refractivity contribution in [3.63, 3.8) is 0 Å². The zero-order valence-corrected chi connectivity index (χ0v) is 19.9. The Morgan fingerprint density at radius 2 is 1.76 bits per heavy atom. The molecule has 1 amide bonds. The molecule has 0 aromatic heterocycles. The van der Waals surface area contributed by atoms with Crippen molar-refractivity contribution < 1.29 is 29.3 Å². The second kappa shape index (κ2) is 15.8. The zero-order valence-electron chi connectivity index (χ0n) is 18.3. The molecule has 33 heavy (non-hydrogen) atoms. The van der Waals surface area contributed by atoms with Crippen molar-refractivity contribution in [3.8, 4) is 5.75 Å². The number of halogens is 1. The summed E-state index contributed by atoms with van der Waals surface area (Å²) in [5.41, 5.74) is 3.06. The maximum Gasteiger partial charge on any atom is 0.303 e. The molecule has 7 nitrogen and oxygen atoms in total. The Balaban J connectivity index is 0.000000582. The number of aliphatic carboxylic acids is 2. The molecular weight excluding hydrogens is 466 g/mol. The number of carboxylic acids is 2. The summed E-state index contributed by atoms with van der Waals surface area (Å²) in [5.74, 6) is -1.31. The van der Waals surface area contributed by atoms with Crippen LogP contribution in [0.4, 0.5) is 0 Å². The number of rotatable bonds is 13. The highest BCUT2D eigenvalue weighted by Crippen LogP contribution is 2.21. The summed E-state index contributed by atoms with van der Waals surface area (Å²) in [6, 6.07) is 15.9. The van der Waals surface area contributed by atoms with Crippen LogP contribution in [0.1, 0.15) is 24.0 Å². The molecule has 0 aliphatic carbocycles. The van der Waals surface area contributed by atoms with Gasteiger partial charge in [0.25, 0.3) is 0 Å². The lowest BCUT2D eigenvalue weighted by molar-refractivity contribution is -0.143. The van der Waals surface area contributed by atoms with Gasteiger partial charge in [-0.15, -0.1) is 0 Å². The lowest BCUT2D eigenvalue weighted by atomic mass is 10.1. The van der Waals surface area contributed by atoms with E-state index in [-0.39, 0.29) is 18.1 Å². The first-order valence-corrected chi connectivity index (χ1v) is 11.7. The molecule has 2 rings (SSSR count). The van der Waals surface area contributed by atoms with E-state index in [4.69, 9.17) is 26.6 Å². The standard InChI is InChI=1S/C20H22ClNO2S.C4H6O4/c1-15(22-14-23)20(25-2)13-17-6-8-19(9-7-17)24-11-10-16-4-3-5-18(21)12-16;5-3(6)1-2-4(7)8/h3-9,12,14,20H,1,10-11,13H2,2H3,(H,22,23);1-2H2,(H,5,6)(H,7,8). The average Bonchev–Trinajstić information content (AvgIpc) is 2.77. The van der Waals surface area contributed by atoms with Gasteiger partial charge >= 0.3 is 11.9 Å². The largest absolute Gasteiger partial charge is 0.493 e. The highest BCUT2D eigenvalue weighted by molar-refractivity contribution is 7.99. The number of carbonyl (C=O) groups is 3. The van der Waals surface area contributed by atoms with Gasteiger partial charge in [0.2, 0.25) is 6.41 Å². The van der Waals surface area contributed by atoms with E-state index in [1.54, 1.807) is 11.8 Å². The first-order chi connectivity index (χ1) is 15.7. The summed E-state index contributed by atoms with van der Waals surface area (Å²) >= 11 is 7.65. The molecule has 0 saturated carbocycles. The minimum atomic E-state index is -1.08. The van der Waals surface area contributed by atoms with Crippen LogP contribution in [0.2, 0.25) is 5.02 Å². The van der Waals surface area contributed by atoms with Gasteiger partial charge in [0, 0.05) is 22.4 Å². The normalized spacial score (nSPS) is 10.8. The number of carboxylic acid groups (broad SMARTS) is 2. The fourth-order valence-corrected chi connectivity index (χ4v) is 3.57. The van der Waals surface area contributed by atoms with Crippen LogP contribution >= 0.6 is 23.4 Å². The van der Waals surface area contributed by atoms with Crippen LogP contribution < -0.4 is 10.1 Å². The summed E-state index contributed by atoms with van der Waals surface area (Å²) in [6.45, 7) is 4.51. The Hall–Kier alpha value is -2.97. The monoisotopic (exact) mass is 493 g/mol. The first-order valence-electron chi connectivity index (χ1n) is 10.1. The minimum absolute atomic E-state index is 0.153. The number of nitrogens with one attached hydrogen (secondary N) is 1. The van der Waals surface area contributed by atoms with E-state index < -0.39 is 11.9 Å². The van der Waals surface area contributed by atoms with E-state index in [0.717, 1.165) is 34.9 Å². The van der Waals surface area contributed by atoms with E-state index in [2.05, 4.69) is 11.9 Å². The molecule has 1 unspecified atom stereocenters. The summed E-state index contributed by atoms with van der Waals surface area (Å²) in [7, 11) is 0. The second-order valence-electron chi connectivity index (χ2n) is 6.88. The van der Waals surface area contributed by atoms with Crippen molar-refractivity contribution in [2.24, 2.45) is 0 Å². The Kier molecular flexibility index (Phi) is 13.4.